The molecule has 0 spiro atoms. The zero-order valence-corrected chi connectivity index (χ0v) is 21.8. The Morgan fingerprint density at radius 2 is 1.56 bits per heavy atom. The molecule has 0 saturated carbocycles. The molecular formula is C27H22Cl2O6S. The maximum atomic E-state index is 13.7. The molecule has 4 aromatic rings. The van der Waals surface area contributed by atoms with Crippen LogP contribution in [0.15, 0.2) is 82.6 Å². The van der Waals surface area contributed by atoms with Crippen LogP contribution < -0.4 is 14.2 Å². The first-order valence-electron chi connectivity index (χ1n) is 10.8. The number of ether oxygens (including phenoxy) is 4. The number of carbonyl (C=O) groups excluding carboxylic acids is 1. The molecule has 0 saturated heterocycles. The molecule has 9 heteroatoms. The molecule has 0 radical (unpaired) electrons. The highest BCUT2D eigenvalue weighted by molar-refractivity contribution is 7.85. The molecule has 6 nitrogen and oxygen atoms in total. The monoisotopic (exact) mass is 544 g/mol. The Bertz CT molecular complexity index is 1400. The minimum Gasteiger partial charge on any atom is -0.493 e. The van der Waals surface area contributed by atoms with Gasteiger partial charge in [0.15, 0.2) is 11.5 Å². The van der Waals surface area contributed by atoms with E-state index in [1.165, 1.54) is 14.2 Å². The van der Waals surface area contributed by atoms with Crippen molar-refractivity contribution in [3.8, 4) is 17.2 Å². The fourth-order valence-corrected chi connectivity index (χ4v) is 5.81. The van der Waals surface area contributed by atoms with E-state index in [2.05, 4.69) is 0 Å². The molecule has 4 aromatic carbocycles. The predicted octanol–water partition coefficient (Wildman–Crippen LogP) is 6.45. The largest absolute Gasteiger partial charge is 0.493 e. The Labute approximate surface area is 221 Å². The molecule has 36 heavy (non-hydrogen) atoms. The van der Waals surface area contributed by atoms with Crippen LogP contribution in [0.5, 0.6) is 17.2 Å². The summed E-state index contributed by atoms with van der Waals surface area (Å²) in [6, 6.07) is 21.3. The second-order valence-electron chi connectivity index (χ2n) is 7.57. The second kappa shape index (κ2) is 11.8. The van der Waals surface area contributed by atoms with E-state index in [-0.39, 0.29) is 39.7 Å². The van der Waals surface area contributed by atoms with E-state index in [1.54, 1.807) is 42.5 Å². The zero-order valence-electron chi connectivity index (χ0n) is 19.5. The molecule has 0 aliphatic carbocycles. The normalized spacial score (nSPS) is 11.8. The van der Waals surface area contributed by atoms with Gasteiger partial charge >= 0.3 is 5.97 Å². The van der Waals surface area contributed by atoms with E-state index in [0.717, 1.165) is 5.56 Å². The number of hydrogen-bond donors (Lipinski definition) is 0. The van der Waals surface area contributed by atoms with Crippen LogP contribution in [0.2, 0.25) is 10.0 Å². The van der Waals surface area contributed by atoms with Gasteiger partial charge in [0.25, 0.3) is 0 Å². The van der Waals surface area contributed by atoms with Gasteiger partial charge in [0.1, 0.15) is 6.61 Å². The van der Waals surface area contributed by atoms with E-state index in [4.69, 9.17) is 42.1 Å². The fraction of sp³-hybridized carbons (Fsp3) is 0.148. The molecule has 0 heterocycles. The van der Waals surface area contributed by atoms with Crippen molar-refractivity contribution < 1.29 is 28.0 Å². The molecule has 0 aliphatic rings. The quantitative estimate of drug-likeness (QED) is 0.178. The smallest absolute Gasteiger partial charge is 0.337 e. The summed E-state index contributed by atoms with van der Waals surface area (Å²) < 4.78 is 36.0. The number of benzene rings is 4. The first-order chi connectivity index (χ1) is 17.4. The molecule has 4 rings (SSSR count). The lowest BCUT2D eigenvalue weighted by Gasteiger charge is -2.18. The van der Waals surface area contributed by atoms with Gasteiger partial charge in [-0.3, -0.25) is 0 Å². The van der Waals surface area contributed by atoms with Crippen molar-refractivity contribution in [1.29, 1.82) is 0 Å². The van der Waals surface area contributed by atoms with Crippen LogP contribution in [0.4, 0.5) is 0 Å². The van der Waals surface area contributed by atoms with Gasteiger partial charge in [-0.05, 0) is 35.2 Å². The van der Waals surface area contributed by atoms with Crippen molar-refractivity contribution in [2.45, 2.75) is 16.4 Å². The maximum Gasteiger partial charge on any atom is 0.337 e. The number of fused-ring (bicyclic) bond motifs is 1. The van der Waals surface area contributed by atoms with Crippen molar-refractivity contribution in [1.82, 2.24) is 0 Å². The maximum absolute atomic E-state index is 13.7. The molecule has 1 unspecified atom stereocenters. The third-order valence-corrected chi connectivity index (χ3v) is 7.68. The lowest BCUT2D eigenvalue weighted by Crippen LogP contribution is -2.16. The summed E-state index contributed by atoms with van der Waals surface area (Å²) in [7, 11) is 1.10. The number of methoxy groups -OCH3 is 2. The highest BCUT2D eigenvalue weighted by atomic mass is 35.5. The highest BCUT2D eigenvalue weighted by Gasteiger charge is 2.25. The van der Waals surface area contributed by atoms with Crippen LogP contribution in [0.25, 0.3) is 10.8 Å². The van der Waals surface area contributed by atoms with Crippen molar-refractivity contribution in [3.05, 3.63) is 88.4 Å². The Hall–Kier alpha value is -3.10. The number of halogens is 2. The molecule has 1 atom stereocenters. The van der Waals surface area contributed by atoms with Crippen molar-refractivity contribution in [3.63, 3.8) is 0 Å². The van der Waals surface area contributed by atoms with E-state index in [0.29, 0.717) is 21.4 Å². The van der Waals surface area contributed by atoms with Gasteiger partial charge in [-0.2, -0.15) is 0 Å². The number of hydrogen-bond acceptors (Lipinski definition) is 6. The summed E-state index contributed by atoms with van der Waals surface area (Å²) in [6.45, 7) is -0.0649. The van der Waals surface area contributed by atoms with Gasteiger partial charge < -0.3 is 18.9 Å². The Morgan fingerprint density at radius 3 is 2.22 bits per heavy atom. The third kappa shape index (κ3) is 5.50. The molecule has 186 valence electrons. The number of esters is 1. The predicted molar refractivity (Wildman–Crippen MR) is 140 cm³/mol. The van der Waals surface area contributed by atoms with Crippen LogP contribution >= 0.6 is 23.2 Å². The van der Waals surface area contributed by atoms with Gasteiger partial charge in [-0.25, -0.2) is 9.00 Å². The zero-order chi connectivity index (χ0) is 25.7. The lowest BCUT2D eigenvalue weighted by molar-refractivity contribution is -0.139. The topological polar surface area (TPSA) is 71.1 Å². The van der Waals surface area contributed by atoms with Crippen LogP contribution in [-0.4, -0.2) is 31.0 Å². The first kappa shape index (κ1) is 26.0. The molecule has 0 aromatic heterocycles. The van der Waals surface area contributed by atoms with Crippen molar-refractivity contribution in [2.75, 3.05) is 20.8 Å². The standard InChI is InChI=1S/C27H22Cl2O6S/c1-32-21-14-18-10-6-13-22(36(31)27-19(28)11-7-12-20(27)29)24(18)26(25(21)33-2)35-23(30)16-34-15-17-8-4-3-5-9-17/h3-14H,15-16H2,1-2H3. The van der Waals surface area contributed by atoms with Gasteiger partial charge in [0.05, 0.1) is 51.5 Å². The minimum absolute atomic E-state index is 0.0623. The summed E-state index contributed by atoms with van der Waals surface area (Å²) >= 11 is 12.7. The number of carbonyl (C=O) groups is 1. The molecule has 0 fully saturated rings. The minimum atomic E-state index is -1.80. The molecule has 0 aliphatic heterocycles. The summed E-state index contributed by atoms with van der Waals surface area (Å²) in [4.78, 5) is 13.4. The van der Waals surface area contributed by atoms with Gasteiger partial charge in [0, 0.05) is 5.39 Å². The van der Waals surface area contributed by atoms with Crippen molar-refractivity contribution in [2.24, 2.45) is 0 Å². The average Bonchev–Trinajstić information content (AvgIpc) is 2.88. The van der Waals surface area contributed by atoms with Gasteiger partial charge in [-0.15, -0.1) is 0 Å². The Balaban J connectivity index is 1.75. The van der Waals surface area contributed by atoms with E-state index in [9.17, 15) is 9.00 Å². The van der Waals surface area contributed by atoms with E-state index < -0.39 is 16.8 Å². The van der Waals surface area contributed by atoms with E-state index in [1.807, 2.05) is 30.3 Å². The van der Waals surface area contributed by atoms with Gasteiger partial charge in [-0.1, -0.05) is 71.7 Å². The molecular weight excluding hydrogens is 523 g/mol. The van der Waals surface area contributed by atoms with Gasteiger partial charge in [0.2, 0.25) is 5.75 Å². The van der Waals surface area contributed by atoms with Crippen LogP contribution in [0, 0.1) is 0 Å². The van der Waals surface area contributed by atoms with Crippen LogP contribution in [0.1, 0.15) is 5.56 Å². The SMILES string of the molecule is COc1cc2cccc(S(=O)c3c(Cl)cccc3Cl)c2c(OC(=O)COCc2ccccc2)c1OC. The van der Waals surface area contributed by atoms with Crippen LogP contribution in [0.3, 0.4) is 0 Å². The average molecular weight is 545 g/mol. The second-order valence-corrected chi connectivity index (χ2v) is 9.77. The van der Waals surface area contributed by atoms with Crippen molar-refractivity contribution >= 4 is 50.7 Å². The Morgan fingerprint density at radius 1 is 0.861 bits per heavy atom. The highest BCUT2D eigenvalue weighted by Crippen LogP contribution is 2.46. The molecule has 0 bridgehead atoms. The summed E-state index contributed by atoms with van der Waals surface area (Å²) in [5.41, 5.74) is 0.920. The molecule has 0 amide bonds. The fourth-order valence-electron chi connectivity index (χ4n) is 3.68. The van der Waals surface area contributed by atoms with Crippen LogP contribution in [-0.2, 0) is 26.9 Å². The Kier molecular flexibility index (Phi) is 8.48. The summed E-state index contributed by atoms with van der Waals surface area (Å²) in [5.74, 6) is -0.0738. The lowest BCUT2D eigenvalue weighted by atomic mass is 10.1. The molecule has 0 N–H and O–H groups in total. The number of rotatable bonds is 9. The summed E-state index contributed by atoms with van der Waals surface area (Å²) in [5, 5.41) is 1.54. The third-order valence-electron chi connectivity index (χ3n) is 5.28. The summed E-state index contributed by atoms with van der Waals surface area (Å²) in [6.07, 6.45) is 0. The first-order valence-corrected chi connectivity index (χ1v) is 12.7. The van der Waals surface area contributed by atoms with E-state index >= 15 is 0 Å².